The molecule has 1 aromatic heterocycles. The quantitative estimate of drug-likeness (QED) is 0.304. The Morgan fingerprint density at radius 1 is 1.36 bits per heavy atom. The molecule has 0 bridgehead atoms. The number of nitrogen functional groups attached to an aromatic ring is 1. The lowest BCUT2D eigenvalue weighted by Crippen LogP contribution is -2.38. The monoisotopic (exact) mass is 339 g/mol. The van der Waals surface area contributed by atoms with Gasteiger partial charge in [0.1, 0.15) is 24.0 Å². The van der Waals surface area contributed by atoms with Gasteiger partial charge in [-0.25, -0.2) is 9.36 Å². The molecule has 0 spiro atoms. The van der Waals surface area contributed by atoms with E-state index in [0.717, 1.165) is 10.8 Å². The van der Waals surface area contributed by atoms with Gasteiger partial charge in [0.05, 0.1) is 6.61 Å². The van der Waals surface area contributed by atoms with E-state index < -0.39 is 50.2 Å². The first-order valence-electron chi connectivity index (χ1n) is 5.93. The SMILES string of the molecule is Nc1cn([C@@H]2O[C@H](COP(=O)(O)O)[C@@H](O)[C@H]2O)c(=O)[nH]c1=O. The molecular formula is C9H14N3O9P. The van der Waals surface area contributed by atoms with Gasteiger partial charge in [-0.1, -0.05) is 0 Å². The minimum Gasteiger partial charge on any atom is -0.393 e. The van der Waals surface area contributed by atoms with Crippen molar-refractivity contribution in [2.24, 2.45) is 0 Å². The van der Waals surface area contributed by atoms with Gasteiger partial charge in [-0.3, -0.25) is 18.9 Å². The minimum absolute atomic E-state index is 0.320. The summed E-state index contributed by atoms with van der Waals surface area (Å²) in [5.74, 6) is 0. The number of H-pyrrole nitrogens is 1. The lowest BCUT2D eigenvalue weighted by molar-refractivity contribution is -0.0542. The molecule has 0 amide bonds. The number of hydrogen-bond donors (Lipinski definition) is 6. The first-order valence-corrected chi connectivity index (χ1v) is 7.46. The zero-order valence-electron chi connectivity index (χ0n) is 10.9. The molecule has 4 atom stereocenters. The lowest BCUT2D eigenvalue weighted by atomic mass is 10.1. The predicted molar refractivity (Wildman–Crippen MR) is 69.7 cm³/mol. The molecule has 0 aliphatic carbocycles. The van der Waals surface area contributed by atoms with Crippen LogP contribution in [0.2, 0.25) is 0 Å². The van der Waals surface area contributed by atoms with Crippen molar-refractivity contribution in [3.05, 3.63) is 27.0 Å². The normalized spacial score (nSPS) is 28.9. The van der Waals surface area contributed by atoms with Crippen LogP contribution in [0.15, 0.2) is 15.8 Å². The summed E-state index contributed by atoms with van der Waals surface area (Å²) < 4.78 is 20.7. The van der Waals surface area contributed by atoms with Crippen molar-refractivity contribution in [2.75, 3.05) is 12.3 Å². The van der Waals surface area contributed by atoms with Crippen LogP contribution >= 0.6 is 7.82 Å². The Bertz CT molecular complexity index is 709. The summed E-state index contributed by atoms with van der Waals surface area (Å²) in [4.78, 5) is 41.9. The van der Waals surface area contributed by atoms with Gasteiger partial charge in [0.25, 0.3) is 5.56 Å². The second-order valence-corrected chi connectivity index (χ2v) is 5.82. The topological polar surface area (TPSA) is 197 Å². The van der Waals surface area contributed by atoms with Crippen LogP contribution in [0.4, 0.5) is 5.69 Å². The number of aromatic nitrogens is 2. The summed E-state index contributed by atoms with van der Waals surface area (Å²) in [6, 6.07) is 0. The zero-order chi connectivity index (χ0) is 16.7. The average Bonchev–Trinajstić information content (AvgIpc) is 2.68. The van der Waals surface area contributed by atoms with Gasteiger partial charge in [-0.05, 0) is 0 Å². The van der Waals surface area contributed by atoms with Gasteiger partial charge in [0.2, 0.25) is 0 Å². The molecule has 2 rings (SSSR count). The van der Waals surface area contributed by atoms with E-state index in [0.29, 0.717) is 0 Å². The molecule has 0 unspecified atom stereocenters. The molecule has 12 nitrogen and oxygen atoms in total. The van der Waals surface area contributed by atoms with Crippen molar-refractivity contribution < 1.29 is 33.8 Å². The van der Waals surface area contributed by atoms with Crippen molar-refractivity contribution in [3.8, 4) is 0 Å². The van der Waals surface area contributed by atoms with Crippen molar-refractivity contribution in [1.82, 2.24) is 9.55 Å². The number of nitrogens with two attached hydrogens (primary N) is 1. The number of hydrogen-bond acceptors (Lipinski definition) is 8. The molecule has 0 radical (unpaired) electrons. The van der Waals surface area contributed by atoms with Gasteiger partial charge in [0.15, 0.2) is 6.23 Å². The summed E-state index contributed by atoms with van der Waals surface area (Å²) in [5.41, 5.74) is 3.28. The molecule has 0 saturated carbocycles. The number of aliphatic hydroxyl groups excluding tert-OH is 2. The Morgan fingerprint density at radius 2 is 2.00 bits per heavy atom. The number of aromatic amines is 1. The summed E-state index contributed by atoms with van der Waals surface area (Å²) in [6.07, 6.45) is -4.96. The number of phosphoric acid groups is 1. The van der Waals surface area contributed by atoms with Gasteiger partial charge in [-0.2, -0.15) is 0 Å². The number of nitrogens with zero attached hydrogens (tertiary/aromatic N) is 1. The lowest BCUT2D eigenvalue weighted by Gasteiger charge is -2.17. The summed E-state index contributed by atoms with van der Waals surface area (Å²) >= 11 is 0. The highest BCUT2D eigenvalue weighted by atomic mass is 31.2. The largest absolute Gasteiger partial charge is 0.469 e. The van der Waals surface area contributed by atoms with E-state index in [1.165, 1.54) is 0 Å². The number of rotatable bonds is 4. The highest BCUT2D eigenvalue weighted by Gasteiger charge is 2.45. The Hall–Kier alpha value is -1.53. The predicted octanol–water partition coefficient (Wildman–Crippen LogP) is -3.15. The molecule has 1 aliphatic heterocycles. The van der Waals surface area contributed by atoms with Gasteiger partial charge >= 0.3 is 13.5 Å². The highest BCUT2D eigenvalue weighted by Crippen LogP contribution is 2.38. The van der Waals surface area contributed by atoms with Crippen LogP contribution in [0, 0.1) is 0 Å². The molecule has 13 heteroatoms. The van der Waals surface area contributed by atoms with Crippen LogP contribution in [0.5, 0.6) is 0 Å². The first-order chi connectivity index (χ1) is 10.1. The maximum absolute atomic E-state index is 11.7. The van der Waals surface area contributed by atoms with Gasteiger partial charge < -0.3 is 30.5 Å². The van der Waals surface area contributed by atoms with Crippen LogP contribution in [0.3, 0.4) is 0 Å². The summed E-state index contributed by atoms with van der Waals surface area (Å²) in [5, 5.41) is 19.7. The van der Waals surface area contributed by atoms with Crippen LogP contribution in [0.25, 0.3) is 0 Å². The molecule has 1 fully saturated rings. The van der Waals surface area contributed by atoms with Crippen LogP contribution < -0.4 is 17.0 Å². The minimum atomic E-state index is -4.79. The van der Waals surface area contributed by atoms with Crippen molar-refractivity contribution in [1.29, 1.82) is 0 Å². The van der Waals surface area contributed by atoms with E-state index in [4.69, 9.17) is 20.3 Å². The molecule has 22 heavy (non-hydrogen) atoms. The molecule has 2 heterocycles. The number of anilines is 1. The van der Waals surface area contributed by atoms with Crippen molar-refractivity contribution in [2.45, 2.75) is 24.5 Å². The van der Waals surface area contributed by atoms with Crippen LogP contribution in [-0.2, 0) is 13.8 Å². The van der Waals surface area contributed by atoms with Crippen molar-refractivity contribution >= 4 is 13.5 Å². The molecule has 1 saturated heterocycles. The molecule has 0 aromatic carbocycles. The average molecular weight is 339 g/mol. The third-order valence-electron chi connectivity index (χ3n) is 3.01. The summed E-state index contributed by atoms with van der Waals surface area (Å²) in [7, 11) is -4.79. The molecular weight excluding hydrogens is 325 g/mol. The molecule has 1 aromatic rings. The third kappa shape index (κ3) is 3.44. The maximum Gasteiger partial charge on any atom is 0.469 e. The first kappa shape index (κ1) is 16.8. The Balaban J connectivity index is 2.23. The van der Waals surface area contributed by atoms with E-state index in [-0.39, 0.29) is 5.69 Å². The van der Waals surface area contributed by atoms with E-state index in [1.54, 1.807) is 0 Å². The number of phosphoric ester groups is 1. The fourth-order valence-corrected chi connectivity index (χ4v) is 2.30. The molecule has 1 aliphatic rings. The van der Waals surface area contributed by atoms with Crippen LogP contribution in [-0.4, -0.2) is 54.5 Å². The maximum atomic E-state index is 11.7. The zero-order valence-corrected chi connectivity index (χ0v) is 11.8. The fourth-order valence-electron chi connectivity index (χ4n) is 1.96. The number of ether oxygens (including phenoxy) is 1. The molecule has 124 valence electrons. The van der Waals surface area contributed by atoms with E-state index >= 15 is 0 Å². The molecule has 7 N–H and O–H groups in total. The fraction of sp³-hybridized carbons (Fsp3) is 0.556. The van der Waals surface area contributed by atoms with Gasteiger partial charge in [-0.15, -0.1) is 0 Å². The number of aliphatic hydroxyl groups is 2. The number of nitrogens with one attached hydrogen (secondary N) is 1. The van der Waals surface area contributed by atoms with E-state index in [9.17, 15) is 24.4 Å². The van der Waals surface area contributed by atoms with Crippen LogP contribution in [0.1, 0.15) is 6.23 Å². The smallest absolute Gasteiger partial charge is 0.393 e. The van der Waals surface area contributed by atoms with E-state index in [2.05, 4.69) is 4.52 Å². The Morgan fingerprint density at radius 3 is 2.59 bits per heavy atom. The summed E-state index contributed by atoms with van der Waals surface area (Å²) in [6.45, 7) is -0.716. The Kier molecular flexibility index (Phi) is 4.54. The standard InChI is InChI=1S/C9H14N3O9P/c10-3-1-12(9(16)11-7(3)15)8-6(14)5(13)4(21-8)2-20-22(17,18)19/h1,4-6,8,13-14H,2,10H2,(H,11,15,16)(H2,17,18,19)/t4-,5-,6-,8-/m1/s1. The Labute approximate surface area is 122 Å². The third-order valence-corrected chi connectivity index (χ3v) is 3.50. The van der Waals surface area contributed by atoms with Crippen molar-refractivity contribution in [3.63, 3.8) is 0 Å². The van der Waals surface area contributed by atoms with E-state index in [1.807, 2.05) is 4.98 Å². The van der Waals surface area contributed by atoms with Gasteiger partial charge in [0, 0.05) is 6.20 Å². The second kappa shape index (κ2) is 5.93. The highest BCUT2D eigenvalue weighted by molar-refractivity contribution is 7.46. The second-order valence-electron chi connectivity index (χ2n) is 4.58.